The highest BCUT2D eigenvalue weighted by molar-refractivity contribution is 7.90. The molecule has 7 nitrogen and oxygen atoms in total. The second-order valence-electron chi connectivity index (χ2n) is 5.66. The van der Waals surface area contributed by atoms with E-state index in [0.717, 1.165) is 6.07 Å². The van der Waals surface area contributed by atoms with Gasteiger partial charge in [0.05, 0.1) is 5.02 Å². The Morgan fingerprint density at radius 2 is 1.77 bits per heavy atom. The van der Waals surface area contributed by atoms with Crippen LogP contribution < -0.4 is 4.72 Å². The molecular formula is C16H8ClF5N4O3S. The van der Waals surface area contributed by atoms with Crippen LogP contribution in [0.3, 0.4) is 0 Å². The molecule has 0 aliphatic heterocycles. The molecule has 3 aromatic rings. The number of benzene rings is 2. The SMILES string of the molecule is O=C(NS(=O)(=O)c1ccccc1Cl)c1nnn(-c2ccc(F)cc2F)c1C(F)(F)F. The number of nitrogens with zero attached hydrogens (tertiary/aromatic N) is 3. The van der Waals surface area contributed by atoms with Crippen molar-refractivity contribution >= 4 is 27.5 Å². The van der Waals surface area contributed by atoms with Crippen LogP contribution in [0.4, 0.5) is 22.0 Å². The largest absolute Gasteiger partial charge is 0.435 e. The van der Waals surface area contributed by atoms with Crippen LogP contribution >= 0.6 is 11.6 Å². The van der Waals surface area contributed by atoms with E-state index in [2.05, 4.69) is 10.3 Å². The van der Waals surface area contributed by atoms with E-state index in [9.17, 15) is 35.2 Å². The summed E-state index contributed by atoms with van der Waals surface area (Å²) in [6, 6.07) is 6.51. The summed E-state index contributed by atoms with van der Waals surface area (Å²) < 4.78 is 93.7. The number of aromatic nitrogens is 3. The van der Waals surface area contributed by atoms with Crippen LogP contribution in [0.15, 0.2) is 47.4 Å². The smallest absolute Gasteiger partial charge is 0.266 e. The lowest BCUT2D eigenvalue weighted by Crippen LogP contribution is -2.33. The molecule has 0 bridgehead atoms. The molecule has 0 radical (unpaired) electrons. The number of hydrogen-bond donors (Lipinski definition) is 1. The van der Waals surface area contributed by atoms with Crippen molar-refractivity contribution in [2.24, 2.45) is 0 Å². The van der Waals surface area contributed by atoms with Crippen LogP contribution in [-0.2, 0) is 16.2 Å². The van der Waals surface area contributed by atoms with Crippen molar-refractivity contribution in [1.29, 1.82) is 0 Å². The zero-order chi connectivity index (χ0) is 22.3. The van der Waals surface area contributed by atoms with Gasteiger partial charge in [-0.05, 0) is 24.3 Å². The number of rotatable bonds is 4. The second kappa shape index (κ2) is 7.65. The van der Waals surface area contributed by atoms with E-state index < -0.39 is 55.7 Å². The monoisotopic (exact) mass is 466 g/mol. The van der Waals surface area contributed by atoms with Crippen molar-refractivity contribution in [3.8, 4) is 5.69 Å². The standard InChI is InChI=1S/C16H8ClF5N4O3S/c17-9-3-1-2-4-12(9)30(28,29)24-15(27)13-14(16(20,21)22)26(25-23-13)11-6-5-8(18)7-10(11)19/h1-7H,(H,24,27). The van der Waals surface area contributed by atoms with Gasteiger partial charge in [-0.1, -0.05) is 28.9 Å². The molecule has 0 fully saturated rings. The maximum Gasteiger partial charge on any atom is 0.435 e. The molecule has 0 aliphatic carbocycles. The number of sulfonamides is 1. The minimum Gasteiger partial charge on any atom is -0.266 e. The van der Waals surface area contributed by atoms with Crippen molar-refractivity contribution < 1.29 is 35.2 Å². The Labute approximate surface area is 170 Å². The van der Waals surface area contributed by atoms with E-state index in [-0.39, 0.29) is 9.70 Å². The van der Waals surface area contributed by atoms with Gasteiger partial charge in [0.1, 0.15) is 16.4 Å². The Bertz CT molecular complexity index is 1240. The Hall–Kier alpha value is -3.06. The van der Waals surface area contributed by atoms with E-state index in [1.807, 2.05) is 0 Å². The number of nitrogens with one attached hydrogen (secondary N) is 1. The number of halogens is 6. The summed E-state index contributed by atoms with van der Waals surface area (Å²) >= 11 is 5.74. The number of alkyl halides is 3. The maximum absolute atomic E-state index is 13.9. The summed E-state index contributed by atoms with van der Waals surface area (Å²) in [4.78, 5) is 11.7. The number of carbonyl (C=O) groups is 1. The summed E-state index contributed by atoms with van der Waals surface area (Å²) in [6.07, 6.45) is -5.30. The van der Waals surface area contributed by atoms with E-state index in [1.54, 1.807) is 0 Å². The van der Waals surface area contributed by atoms with Gasteiger partial charge in [0.25, 0.3) is 15.9 Å². The molecule has 158 valence electrons. The fraction of sp³-hybridized carbons (Fsp3) is 0.0625. The maximum atomic E-state index is 13.9. The highest BCUT2D eigenvalue weighted by atomic mass is 35.5. The van der Waals surface area contributed by atoms with Gasteiger partial charge in [0.2, 0.25) is 0 Å². The quantitative estimate of drug-likeness (QED) is 0.595. The minimum absolute atomic E-state index is 0.0776. The molecule has 1 N–H and O–H groups in total. The van der Waals surface area contributed by atoms with Gasteiger partial charge in [-0.2, -0.15) is 13.2 Å². The average molecular weight is 467 g/mol. The van der Waals surface area contributed by atoms with Gasteiger partial charge in [-0.15, -0.1) is 5.10 Å². The van der Waals surface area contributed by atoms with Crippen LogP contribution in [0.2, 0.25) is 5.02 Å². The fourth-order valence-electron chi connectivity index (χ4n) is 2.40. The Morgan fingerprint density at radius 3 is 2.37 bits per heavy atom. The number of carbonyl (C=O) groups excluding carboxylic acids is 1. The lowest BCUT2D eigenvalue weighted by molar-refractivity contribution is -0.143. The van der Waals surface area contributed by atoms with Gasteiger partial charge in [-0.3, -0.25) is 4.79 Å². The van der Waals surface area contributed by atoms with Crippen molar-refractivity contribution in [3.05, 3.63) is 70.5 Å². The summed E-state index contributed by atoms with van der Waals surface area (Å²) in [7, 11) is -4.67. The Balaban J connectivity index is 2.07. The molecule has 14 heteroatoms. The molecule has 1 amide bonds. The molecule has 0 spiro atoms. The summed E-state index contributed by atoms with van der Waals surface area (Å²) in [5.74, 6) is -4.26. The van der Waals surface area contributed by atoms with Gasteiger partial charge in [0.15, 0.2) is 17.2 Å². The lowest BCUT2D eigenvalue weighted by atomic mass is 10.2. The van der Waals surface area contributed by atoms with Crippen LogP contribution in [0, 0.1) is 11.6 Å². The van der Waals surface area contributed by atoms with Crippen molar-refractivity contribution in [1.82, 2.24) is 19.7 Å². The highest BCUT2D eigenvalue weighted by Crippen LogP contribution is 2.33. The van der Waals surface area contributed by atoms with Crippen molar-refractivity contribution in [2.75, 3.05) is 0 Å². The van der Waals surface area contributed by atoms with E-state index >= 15 is 0 Å². The van der Waals surface area contributed by atoms with Crippen LogP contribution in [0.25, 0.3) is 5.69 Å². The predicted molar refractivity (Wildman–Crippen MR) is 92.4 cm³/mol. The van der Waals surface area contributed by atoms with Gasteiger partial charge in [0, 0.05) is 6.07 Å². The van der Waals surface area contributed by atoms with Gasteiger partial charge < -0.3 is 0 Å². The summed E-state index contributed by atoms with van der Waals surface area (Å²) in [5, 5.41) is 5.85. The van der Waals surface area contributed by atoms with Gasteiger partial charge >= 0.3 is 6.18 Å². The molecule has 2 aromatic carbocycles. The molecule has 0 aliphatic rings. The second-order valence-corrected chi connectivity index (χ2v) is 7.72. The zero-order valence-corrected chi connectivity index (χ0v) is 15.9. The first kappa shape index (κ1) is 21.6. The molecule has 0 saturated carbocycles. The first-order chi connectivity index (χ1) is 13.9. The molecule has 30 heavy (non-hydrogen) atoms. The van der Waals surface area contributed by atoms with E-state index in [1.165, 1.54) is 22.9 Å². The third-order valence-electron chi connectivity index (χ3n) is 3.65. The third-order valence-corrected chi connectivity index (χ3v) is 5.48. The molecule has 0 atom stereocenters. The number of amides is 1. The minimum atomic E-state index is -5.30. The van der Waals surface area contributed by atoms with Gasteiger partial charge in [-0.25, -0.2) is 26.6 Å². The lowest BCUT2D eigenvalue weighted by Gasteiger charge is -2.12. The topological polar surface area (TPSA) is 93.9 Å². The molecule has 1 heterocycles. The average Bonchev–Trinajstić information content (AvgIpc) is 3.07. The molecular weight excluding hydrogens is 459 g/mol. The predicted octanol–water partition coefficient (Wildman–Crippen LogP) is 3.34. The third kappa shape index (κ3) is 4.11. The van der Waals surface area contributed by atoms with Crippen LogP contribution in [-0.4, -0.2) is 29.3 Å². The van der Waals surface area contributed by atoms with E-state index in [0.29, 0.717) is 18.2 Å². The normalized spacial score (nSPS) is 12.1. The number of hydrogen-bond acceptors (Lipinski definition) is 5. The van der Waals surface area contributed by atoms with Crippen LogP contribution in [0.5, 0.6) is 0 Å². The van der Waals surface area contributed by atoms with E-state index in [4.69, 9.17) is 11.6 Å². The van der Waals surface area contributed by atoms with Crippen molar-refractivity contribution in [2.45, 2.75) is 11.1 Å². The molecule has 1 aromatic heterocycles. The molecule has 3 rings (SSSR count). The van der Waals surface area contributed by atoms with Crippen LogP contribution in [0.1, 0.15) is 16.2 Å². The highest BCUT2D eigenvalue weighted by Gasteiger charge is 2.43. The van der Waals surface area contributed by atoms with Crippen molar-refractivity contribution in [3.63, 3.8) is 0 Å². The first-order valence-corrected chi connectivity index (χ1v) is 9.58. The molecule has 0 saturated heterocycles. The molecule has 0 unspecified atom stereocenters. The zero-order valence-electron chi connectivity index (χ0n) is 14.3. The summed E-state index contributed by atoms with van der Waals surface area (Å²) in [6.45, 7) is 0. The Kier molecular flexibility index (Phi) is 5.52. The first-order valence-electron chi connectivity index (χ1n) is 7.72. The Morgan fingerprint density at radius 1 is 1.10 bits per heavy atom. The summed E-state index contributed by atoms with van der Waals surface area (Å²) in [5.41, 5.74) is -4.16. The fourth-order valence-corrected chi connectivity index (χ4v) is 3.87.